The van der Waals surface area contributed by atoms with Crippen molar-refractivity contribution in [1.82, 2.24) is 0 Å². The maximum absolute atomic E-state index is 10.4. The van der Waals surface area contributed by atoms with E-state index < -0.39 is 46.9 Å². The third kappa shape index (κ3) is 11.4. The normalized spacial score (nSPS) is 39.6. The molecule has 0 bridgehead atoms. The molecule has 0 aromatic rings. The van der Waals surface area contributed by atoms with Crippen molar-refractivity contribution in [3.63, 3.8) is 0 Å². The molecule has 53 heavy (non-hydrogen) atoms. The van der Waals surface area contributed by atoms with Gasteiger partial charge < -0.3 is 34.8 Å². The predicted octanol–water partition coefficient (Wildman–Crippen LogP) is 2.91. The van der Waals surface area contributed by atoms with Gasteiger partial charge in [-0.3, -0.25) is 4.28 Å². The topological polar surface area (TPSA) is 189 Å². The van der Waals surface area contributed by atoms with E-state index in [0.717, 1.165) is 54.3 Å². The van der Waals surface area contributed by atoms with Crippen molar-refractivity contribution >= 4 is 27.2 Å². The first-order chi connectivity index (χ1) is 24.4. The summed E-state index contributed by atoms with van der Waals surface area (Å²) >= 11 is 0.660. The van der Waals surface area contributed by atoms with Crippen LogP contribution in [0.3, 0.4) is 0 Å². The Morgan fingerprint density at radius 2 is 1.77 bits per heavy atom. The zero-order chi connectivity index (χ0) is 38.6. The Hall–Kier alpha value is 0.606. The number of hydrogen-bond donors (Lipinski definition) is 5. The van der Waals surface area contributed by atoms with Crippen LogP contribution in [0.25, 0.3) is 0 Å². The van der Waals surface area contributed by atoms with Gasteiger partial charge in [-0.15, -0.1) is 6.58 Å². The van der Waals surface area contributed by atoms with Crippen LogP contribution in [0.15, 0.2) is 29.5 Å². The molecule has 0 amide bonds. The van der Waals surface area contributed by atoms with Crippen LogP contribution in [0, 0.1) is 52.3 Å². The summed E-state index contributed by atoms with van der Waals surface area (Å²) in [5.74, 6) is 6.31. The van der Waals surface area contributed by atoms with Crippen LogP contribution in [0.1, 0.15) is 119 Å². The molecule has 14 atom stereocenters. The van der Waals surface area contributed by atoms with Gasteiger partial charge in [-0.25, -0.2) is 0 Å². The number of thioether (sulfide) groups is 1. The summed E-state index contributed by atoms with van der Waals surface area (Å²) in [5, 5.41) is 51.4. The van der Waals surface area contributed by atoms with Crippen LogP contribution in [0.4, 0.5) is 0 Å². The van der Waals surface area contributed by atoms with E-state index in [1.807, 2.05) is 0 Å². The van der Waals surface area contributed by atoms with E-state index in [2.05, 4.69) is 63.6 Å². The molecule has 0 aromatic carbocycles. The molecule has 11 nitrogen and oxygen atoms in total. The number of hydrogen-bond acceptors (Lipinski definition) is 12. The van der Waals surface area contributed by atoms with E-state index in [4.69, 9.17) is 9.84 Å². The fourth-order valence-electron chi connectivity index (χ4n) is 10.9. The van der Waals surface area contributed by atoms with E-state index in [9.17, 15) is 33.4 Å². The number of ether oxygens (including phenoxy) is 1. The average molecular weight is 812 g/mol. The zero-order valence-electron chi connectivity index (χ0n) is 33.1. The van der Waals surface area contributed by atoms with Crippen molar-refractivity contribution in [2.24, 2.45) is 57.4 Å². The number of aliphatic hydroxyl groups excluding tert-OH is 5. The van der Waals surface area contributed by atoms with Gasteiger partial charge in [-0.2, -0.15) is 8.42 Å². The first-order valence-electron chi connectivity index (χ1n) is 19.6. The molecule has 5 aliphatic rings. The minimum atomic E-state index is -5.04. The molecule has 4 fully saturated rings. The molecule has 1 aliphatic heterocycles. The Morgan fingerprint density at radius 1 is 1.08 bits per heavy atom. The molecule has 0 unspecified atom stereocenters. The average Bonchev–Trinajstić information content (AvgIpc) is 3.45. The maximum Gasteiger partial charge on any atom is 1.00 e. The smallest absolute Gasteiger partial charge is 0.714 e. The Labute approximate surface area is 365 Å². The van der Waals surface area contributed by atoms with Crippen LogP contribution in [0.5, 0.6) is 0 Å². The molecular weight excluding hydrogens is 746 g/mol. The zero-order valence-corrected chi connectivity index (χ0v) is 37.9. The largest absolute Gasteiger partial charge is 1.00 e. The molecule has 5 N–H and O–H groups in total. The minimum Gasteiger partial charge on any atom is -0.714 e. The van der Waals surface area contributed by atoms with Gasteiger partial charge in [-0.1, -0.05) is 89.0 Å². The number of nitrogens with zero attached hydrogens (tertiary/aromatic N) is 1. The monoisotopic (exact) mass is 811 g/mol. The Bertz CT molecular complexity index is 1360. The van der Waals surface area contributed by atoms with Gasteiger partial charge in [-0.05, 0) is 110 Å². The second-order valence-corrected chi connectivity index (χ2v) is 19.3. The van der Waals surface area contributed by atoms with Gasteiger partial charge in [0.1, 0.15) is 34.9 Å². The molecule has 4 aliphatic carbocycles. The number of oxime groups is 1. The van der Waals surface area contributed by atoms with E-state index in [0.29, 0.717) is 22.6 Å². The van der Waals surface area contributed by atoms with Crippen LogP contribution in [-0.4, -0.2) is 86.1 Å². The summed E-state index contributed by atoms with van der Waals surface area (Å²) in [7, 11) is -5.04. The van der Waals surface area contributed by atoms with Crippen LogP contribution in [-0.2, 0) is 19.4 Å². The fraction of sp³-hybridized carbons (Fsp3) is 0.872. The molecular formula is C39H66KNO10S2. The van der Waals surface area contributed by atoms with Gasteiger partial charge in [0.05, 0.1) is 12.7 Å². The molecule has 0 spiro atoms. The Morgan fingerprint density at radius 3 is 2.38 bits per heavy atom. The Balaban J connectivity index is 0.000000295. The summed E-state index contributed by atoms with van der Waals surface area (Å²) < 4.78 is 40.1. The third-order valence-electron chi connectivity index (χ3n) is 13.9. The van der Waals surface area contributed by atoms with Gasteiger partial charge in [0.2, 0.25) is 0 Å². The van der Waals surface area contributed by atoms with E-state index >= 15 is 0 Å². The standard InChI is InChI=1S/C29H50O.C10H17NO9S2.K/c1-7-21(19(2)3)9-8-20(4)25-12-13-26-24-11-10-22-18-23(30)14-16-28(22,5)27(24)15-17-29(25,26)6;1-2-3-6(11-20-22(16,17)18)21-10-9(15)8(14)7(13)5(4-12)19-10;/h10,19-21,23-27,30H,7-9,11-18H2,1-6H3;2,5,7-10,12-15H,1,3-4H2,(H,16,17,18);/q;;+1/p-1/b;11-6-;/t20-,21-,23+,24+,25-,26+,27+,28+,29-;5-,7-,8+,9-,10+;/m11./s1. The van der Waals surface area contributed by atoms with Gasteiger partial charge >= 0.3 is 51.4 Å². The summed E-state index contributed by atoms with van der Waals surface area (Å²) in [4.78, 5) is 0. The molecule has 0 aromatic heterocycles. The van der Waals surface area contributed by atoms with Gasteiger partial charge in [0.25, 0.3) is 10.4 Å². The molecule has 1 heterocycles. The fourth-order valence-corrected chi connectivity index (χ4v) is 12.2. The number of fused-ring (bicyclic) bond motifs is 5. The van der Waals surface area contributed by atoms with E-state index in [-0.39, 0.29) is 69.0 Å². The first-order valence-corrected chi connectivity index (χ1v) is 21.8. The SMILES string of the molecule is C=CC/C(=N/OS(=O)(=O)[O-])S[C@@H]1O[C@H](CO)[C@@H](O)[C@H](O)[C@H]1O.CC[C@H](CC[C@@H](C)[C@H]1CC[C@H]2[C@@H]3CC=C4C[C@@H](O)CC[C@]4(C)[C@H]3CC[C@]12C)C(C)C.[K+]. The third-order valence-corrected chi connectivity index (χ3v) is 15.3. The summed E-state index contributed by atoms with van der Waals surface area (Å²) in [6, 6.07) is 0. The van der Waals surface area contributed by atoms with Crippen molar-refractivity contribution in [3.8, 4) is 0 Å². The number of allylic oxidation sites excluding steroid dienone is 2. The molecule has 3 saturated carbocycles. The van der Waals surface area contributed by atoms with Crippen molar-refractivity contribution < 1.29 is 98.9 Å². The quantitative estimate of drug-likeness (QED) is 0.0371. The van der Waals surface area contributed by atoms with Crippen molar-refractivity contribution in [1.29, 1.82) is 0 Å². The maximum atomic E-state index is 10.4. The second kappa shape index (κ2) is 20.5. The van der Waals surface area contributed by atoms with Crippen molar-refractivity contribution in [2.75, 3.05) is 6.61 Å². The summed E-state index contributed by atoms with van der Waals surface area (Å²) in [6.45, 7) is 17.9. The van der Waals surface area contributed by atoms with Crippen LogP contribution < -0.4 is 51.4 Å². The molecule has 5 rings (SSSR count). The molecule has 1 saturated heterocycles. The minimum absolute atomic E-state index is 0. The summed E-state index contributed by atoms with van der Waals surface area (Å²) in [6.07, 6.45) is 12.7. The predicted molar refractivity (Wildman–Crippen MR) is 203 cm³/mol. The second-order valence-electron chi connectivity index (χ2n) is 17.1. The molecule has 0 radical (unpaired) electrons. The van der Waals surface area contributed by atoms with E-state index in [1.165, 1.54) is 63.9 Å². The number of rotatable bonds is 12. The van der Waals surface area contributed by atoms with Crippen LogP contribution >= 0.6 is 11.8 Å². The van der Waals surface area contributed by atoms with Crippen molar-refractivity contribution in [2.45, 2.75) is 155 Å². The number of aliphatic hydroxyl groups is 5. The molecule has 300 valence electrons. The first kappa shape index (κ1) is 48.0. The van der Waals surface area contributed by atoms with Crippen LogP contribution in [0.2, 0.25) is 0 Å². The Kier molecular flexibility index (Phi) is 18.6. The van der Waals surface area contributed by atoms with Gasteiger partial charge in [0.15, 0.2) is 0 Å². The van der Waals surface area contributed by atoms with E-state index in [1.54, 1.807) is 5.57 Å². The molecule has 14 heteroatoms. The summed E-state index contributed by atoms with van der Waals surface area (Å²) in [5.41, 5.74) is 1.41. The van der Waals surface area contributed by atoms with Gasteiger partial charge in [0, 0.05) is 6.42 Å². The van der Waals surface area contributed by atoms with Crippen molar-refractivity contribution in [3.05, 3.63) is 24.3 Å².